The topological polar surface area (TPSA) is 102 Å². The van der Waals surface area contributed by atoms with Gasteiger partial charge in [-0.1, -0.05) is 0 Å². The zero-order valence-corrected chi connectivity index (χ0v) is 17.3. The SMILES string of the molecule is COc1cc(-c2cc(N)nc(-c3cnn(C)c3)c2C#N)cc(N2CCC(OC)C2)c1. The van der Waals surface area contributed by atoms with E-state index >= 15 is 0 Å². The number of ether oxygens (including phenoxy) is 2. The average molecular weight is 404 g/mol. The molecule has 2 aromatic heterocycles. The van der Waals surface area contributed by atoms with Crippen molar-refractivity contribution in [3.8, 4) is 34.2 Å². The number of anilines is 2. The standard InChI is InChI=1S/C22H24N6O2/c1-27-12-15(11-25-27)22-20(10-23)19(9-21(24)26-22)14-6-16(8-18(7-14)30-3)28-5-4-17(13-28)29-2/h6-9,11-12,17H,4-5,13H2,1-3H3,(H2,24,26). The molecular weight excluding hydrogens is 380 g/mol. The van der Waals surface area contributed by atoms with Gasteiger partial charge in [0.2, 0.25) is 0 Å². The number of nitrogen functional groups attached to an aromatic ring is 1. The summed E-state index contributed by atoms with van der Waals surface area (Å²) in [4.78, 5) is 6.68. The van der Waals surface area contributed by atoms with Crippen LogP contribution in [-0.2, 0) is 11.8 Å². The molecule has 0 amide bonds. The van der Waals surface area contributed by atoms with Crippen molar-refractivity contribution in [2.24, 2.45) is 7.05 Å². The van der Waals surface area contributed by atoms with Crippen molar-refractivity contribution in [3.63, 3.8) is 0 Å². The van der Waals surface area contributed by atoms with Crippen LogP contribution in [0, 0.1) is 11.3 Å². The summed E-state index contributed by atoms with van der Waals surface area (Å²) in [5.74, 6) is 1.05. The van der Waals surface area contributed by atoms with Gasteiger partial charge in [0.15, 0.2) is 0 Å². The number of aryl methyl sites for hydroxylation is 1. The minimum atomic E-state index is 0.211. The van der Waals surface area contributed by atoms with Crippen LogP contribution in [0.15, 0.2) is 36.7 Å². The van der Waals surface area contributed by atoms with Crippen LogP contribution in [0.5, 0.6) is 5.75 Å². The zero-order valence-electron chi connectivity index (χ0n) is 17.3. The predicted molar refractivity (Wildman–Crippen MR) is 115 cm³/mol. The van der Waals surface area contributed by atoms with E-state index in [-0.39, 0.29) is 6.10 Å². The summed E-state index contributed by atoms with van der Waals surface area (Å²) in [5.41, 5.74) is 10.4. The minimum Gasteiger partial charge on any atom is -0.497 e. The Bertz CT molecular complexity index is 1120. The molecule has 0 saturated carbocycles. The van der Waals surface area contributed by atoms with Crippen molar-refractivity contribution >= 4 is 11.5 Å². The molecule has 8 nitrogen and oxygen atoms in total. The van der Waals surface area contributed by atoms with Crippen LogP contribution in [0.25, 0.3) is 22.4 Å². The Morgan fingerprint density at radius 2 is 2.03 bits per heavy atom. The summed E-state index contributed by atoms with van der Waals surface area (Å²) in [5, 5.41) is 14.2. The lowest BCUT2D eigenvalue weighted by molar-refractivity contribution is 0.121. The Hall–Kier alpha value is -3.57. The summed E-state index contributed by atoms with van der Waals surface area (Å²) < 4.78 is 12.7. The van der Waals surface area contributed by atoms with Gasteiger partial charge in [0.05, 0.1) is 30.7 Å². The Morgan fingerprint density at radius 3 is 2.67 bits per heavy atom. The van der Waals surface area contributed by atoms with E-state index in [1.165, 1.54) is 0 Å². The second-order valence-corrected chi connectivity index (χ2v) is 7.34. The van der Waals surface area contributed by atoms with Crippen molar-refractivity contribution in [2.75, 3.05) is 37.9 Å². The summed E-state index contributed by atoms with van der Waals surface area (Å²) in [6.45, 7) is 1.71. The lowest BCUT2D eigenvalue weighted by Gasteiger charge is -2.21. The third kappa shape index (κ3) is 3.67. The molecule has 0 aliphatic carbocycles. The van der Waals surface area contributed by atoms with E-state index in [4.69, 9.17) is 15.2 Å². The average Bonchev–Trinajstić information content (AvgIpc) is 3.41. The van der Waals surface area contributed by atoms with Crippen molar-refractivity contribution in [3.05, 3.63) is 42.2 Å². The first-order valence-electron chi connectivity index (χ1n) is 9.69. The van der Waals surface area contributed by atoms with Gasteiger partial charge in [-0.25, -0.2) is 4.98 Å². The van der Waals surface area contributed by atoms with E-state index < -0.39 is 0 Å². The molecule has 0 bridgehead atoms. The monoisotopic (exact) mass is 404 g/mol. The van der Waals surface area contributed by atoms with Crippen molar-refractivity contribution in [2.45, 2.75) is 12.5 Å². The molecule has 1 atom stereocenters. The quantitative estimate of drug-likeness (QED) is 0.697. The number of nitrogens with zero attached hydrogens (tertiary/aromatic N) is 5. The van der Waals surface area contributed by atoms with Crippen molar-refractivity contribution < 1.29 is 9.47 Å². The second-order valence-electron chi connectivity index (χ2n) is 7.34. The summed E-state index contributed by atoms with van der Waals surface area (Å²) in [6, 6.07) is 10.0. The van der Waals surface area contributed by atoms with Gasteiger partial charge in [0.1, 0.15) is 17.6 Å². The normalized spacial score (nSPS) is 15.9. The molecule has 2 N–H and O–H groups in total. The number of hydrogen-bond acceptors (Lipinski definition) is 7. The molecule has 154 valence electrons. The number of pyridine rings is 1. The lowest BCUT2D eigenvalue weighted by atomic mass is 9.96. The van der Waals surface area contributed by atoms with Gasteiger partial charge < -0.3 is 20.1 Å². The number of aromatic nitrogens is 3. The fourth-order valence-electron chi connectivity index (χ4n) is 3.85. The summed E-state index contributed by atoms with van der Waals surface area (Å²) in [7, 11) is 5.20. The maximum Gasteiger partial charge on any atom is 0.124 e. The lowest BCUT2D eigenvalue weighted by Crippen LogP contribution is -2.22. The van der Waals surface area contributed by atoms with Crippen molar-refractivity contribution in [1.82, 2.24) is 14.8 Å². The maximum absolute atomic E-state index is 9.98. The highest BCUT2D eigenvalue weighted by Gasteiger charge is 2.24. The second kappa shape index (κ2) is 8.05. The molecule has 3 aromatic rings. The number of nitrogens with two attached hydrogens (primary N) is 1. The van der Waals surface area contributed by atoms with Crippen LogP contribution in [0.1, 0.15) is 12.0 Å². The third-order valence-corrected chi connectivity index (χ3v) is 5.41. The molecule has 1 aromatic carbocycles. The van der Waals surface area contributed by atoms with E-state index in [0.717, 1.165) is 36.3 Å². The minimum absolute atomic E-state index is 0.211. The smallest absolute Gasteiger partial charge is 0.124 e. The highest BCUT2D eigenvalue weighted by molar-refractivity contribution is 5.83. The fraction of sp³-hybridized carbons (Fsp3) is 0.318. The largest absolute Gasteiger partial charge is 0.497 e. The van der Waals surface area contributed by atoms with E-state index in [0.29, 0.717) is 28.4 Å². The highest BCUT2D eigenvalue weighted by Crippen LogP contribution is 2.37. The van der Waals surface area contributed by atoms with Gasteiger partial charge in [-0.2, -0.15) is 10.4 Å². The molecule has 1 unspecified atom stereocenters. The van der Waals surface area contributed by atoms with Gasteiger partial charge >= 0.3 is 0 Å². The summed E-state index contributed by atoms with van der Waals surface area (Å²) >= 11 is 0. The van der Waals surface area contributed by atoms with Gasteiger partial charge in [-0.05, 0) is 30.2 Å². The number of benzene rings is 1. The highest BCUT2D eigenvalue weighted by atomic mass is 16.5. The number of rotatable bonds is 5. The molecule has 1 aliphatic rings. The first kappa shape index (κ1) is 19.7. The molecule has 0 radical (unpaired) electrons. The zero-order chi connectivity index (χ0) is 21.3. The first-order chi connectivity index (χ1) is 14.5. The predicted octanol–water partition coefficient (Wildman–Crippen LogP) is 2.84. The van der Waals surface area contributed by atoms with Crippen LogP contribution in [0.2, 0.25) is 0 Å². The Kier molecular flexibility index (Phi) is 5.29. The molecule has 0 spiro atoms. The van der Waals surface area contributed by atoms with Gasteiger partial charge in [-0.3, -0.25) is 4.68 Å². The van der Waals surface area contributed by atoms with Crippen LogP contribution >= 0.6 is 0 Å². The molecule has 4 rings (SSSR count). The molecule has 3 heterocycles. The number of hydrogen-bond donors (Lipinski definition) is 1. The van der Waals surface area contributed by atoms with Crippen LogP contribution in [0.3, 0.4) is 0 Å². The molecule has 30 heavy (non-hydrogen) atoms. The molecule has 8 heteroatoms. The van der Waals surface area contributed by atoms with Crippen LogP contribution in [-0.4, -0.2) is 48.2 Å². The van der Waals surface area contributed by atoms with Gasteiger partial charge in [0, 0.05) is 56.3 Å². The van der Waals surface area contributed by atoms with E-state index in [9.17, 15) is 5.26 Å². The van der Waals surface area contributed by atoms with Gasteiger partial charge in [-0.15, -0.1) is 0 Å². The Balaban J connectivity index is 1.85. The van der Waals surface area contributed by atoms with Gasteiger partial charge in [0.25, 0.3) is 0 Å². The fourth-order valence-corrected chi connectivity index (χ4v) is 3.85. The molecular formula is C22H24N6O2. The first-order valence-corrected chi connectivity index (χ1v) is 9.69. The molecule has 1 fully saturated rings. The molecule has 1 aliphatic heterocycles. The summed E-state index contributed by atoms with van der Waals surface area (Å²) in [6.07, 6.45) is 4.68. The number of nitriles is 1. The Labute approximate surface area is 175 Å². The van der Waals surface area contributed by atoms with E-state index in [2.05, 4.69) is 27.1 Å². The maximum atomic E-state index is 9.98. The number of methoxy groups -OCH3 is 2. The van der Waals surface area contributed by atoms with E-state index in [1.54, 1.807) is 31.2 Å². The Morgan fingerprint density at radius 1 is 1.20 bits per heavy atom. The van der Waals surface area contributed by atoms with Crippen LogP contribution < -0.4 is 15.4 Å². The molecule has 1 saturated heterocycles. The van der Waals surface area contributed by atoms with E-state index in [1.807, 2.05) is 25.4 Å². The van der Waals surface area contributed by atoms with Crippen molar-refractivity contribution in [1.29, 1.82) is 5.26 Å². The third-order valence-electron chi connectivity index (χ3n) is 5.41. The van der Waals surface area contributed by atoms with Crippen LogP contribution in [0.4, 0.5) is 11.5 Å².